The molecule has 1 aliphatic rings. The van der Waals surface area contributed by atoms with E-state index in [1.165, 1.54) is 0 Å². The molecule has 1 aromatic carbocycles. The van der Waals surface area contributed by atoms with Crippen molar-refractivity contribution >= 4 is 32.9 Å². The summed E-state index contributed by atoms with van der Waals surface area (Å²) in [5, 5.41) is 2.74. The summed E-state index contributed by atoms with van der Waals surface area (Å²) in [5.74, 6) is 1.01. The molecule has 0 saturated carbocycles. The molecule has 106 valence electrons. The van der Waals surface area contributed by atoms with Crippen LogP contribution in [0.4, 0.5) is 0 Å². The maximum Gasteiger partial charge on any atom is 0.237 e. The number of benzene rings is 1. The lowest BCUT2D eigenvalue weighted by Crippen LogP contribution is -2.41. The average Bonchev–Trinajstić information content (AvgIpc) is 3.04. The summed E-state index contributed by atoms with van der Waals surface area (Å²) < 4.78 is 1.03. The van der Waals surface area contributed by atoms with Gasteiger partial charge in [0.1, 0.15) is 5.82 Å². The van der Waals surface area contributed by atoms with Crippen LogP contribution in [-0.4, -0.2) is 40.4 Å². The minimum absolute atomic E-state index is 0.0278. The first-order valence-electron chi connectivity index (χ1n) is 6.77. The number of carbonyl (C=O) groups is 1. The van der Waals surface area contributed by atoms with Gasteiger partial charge >= 0.3 is 0 Å². The Morgan fingerprint density at radius 3 is 3.25 bits per heavy atom. The Morgan fingerprint density at radius 1 is 1.60 bits per heavy atom. The van der Waals surface area contributed by atoms with Crippen molar-refractivity contribution in [3.63, 3.8) is 0 Å². The van der Waals surface area contributed by atoms with Crippen molar-refractivity contribution in [3.8, 4) is 0 Å². The van der Waals surface area contributed by atoms with Crippen LogP contribution >= 0.6 is 15.9 Å². The lowest BCUT2D eigenvalue weighted by Gasteiger charge is -2.21. The molecule has 1 aliphatic heterocycles. The number of nitrogens with zero attached hydrogens (tertiary/aromatic N) is 2. The van der Waals surface area contributed by atoms with E-state index in [2.05, 4.69) is 36.1 Å². The van der Waals surface area contributed by atoms with Gasteiger partial charge in [-0.1, -0.05) is 15.9 Å². The highest BCUT2D eigenvalue weighted by molar-refractivity contribution is 9.10. The van der Waals surface area contributed by atoms with Crippen LogP contribution in [0.25, 0.3) is 11.0 Å². The number of likely N-dealkylation sites (N-methyl/N-ethyl adjacent to an activating group) is 1. The molecule has 1 saturated heterocycles. The highest BCUT2D eigenvalue weighted by atomic mass is 79.9. The van der Waals surface area contributed by atoms with Gasteiger partial charge in [-0.05, 0) is 37.6 Å². The van der Waals surface area contributed by atoms with Crippen LogP contribution in [0.3, 0.4) is 0 Å². The molecule has 1 fully saturated rings. The molecule has 0 bridgehead atoms. The van der Waals surface area contributed by atoms with Crippen LogP contribution in [0.1, 0.15) is 18.7 Å². The van der Waals surface area contributed by atoms with Crippen molar-refractivity contribution in [2.24, 2.45) is 0 Å². The standard InChI is InChI=1S/C14H17BrN4O/c1-16-14(20)12-3-2-6-19(12)8-13-17-10-5-4-9(15)7-11(10)18-13/h4-5,7,12H,2-3,6,8H2,1H3,(H,16,20)(H,17,18)/t12-/m0/s1. The smallest absolute Gasteiger partial charge is 0.237 e. The summed E-state index contributed by atoms with van der Waals surface area (Å²) in [4.78, 5) is 21.9. The fraction of sp³-hybridized carbons (Fsp3) is 0.429. The number of amides is 1. The van der Waals surface area contributed by atoms with E-state index in [-0.39, 0.29) is 11.9 Å². The first-order chi connectivity index (χ1) is 9.67. The Kier molecular flexibility index (Phi) is 3.76. The van der Waals surface area contributed by atoms with Gasteiger partial charge in [0.2, 0.25) is 5.91 Å². The second-order valence-electron chi connectivity index (χ2n) is 5.09. The van der Waals surface area contributed by atoms with E-state index in [9.17, 15) is 4.79 Å². The predicted molar refractivity (Wildman–Crippen MR) is 81.3 cm³/mol. The minimum Gasteiger partial charge on any atom is -0.358 e. The fourth-order valence-corrected chi connectivity index (χ4v) is 3.14. The van der Waals surface area contributed by atoms with Gasteiger partial charge in [-0.2, -0.15) is 0 Å². The third-order valence-corrected chi connectivity index (χ3v) is 4.25. The molecule has 20 heavy (non-hydrogen) atoms. The monoisotopic (exact) mass is 336 g/mol. The zero-order valence-corrected chi connectivity index (χ0v) is 12.9. The second kappa shape index (κ2) is 5.54. The fourth-order valence-electron chi connectivity index (χ4n) is 2.78. The quantitative estimate of drug-likeness (QED) is 0.901. The number of hydrogen-bond acceptors (Lipinski definition) is 3. The molecule has 0 unspecified atom stereocenters. The summed E-state index contributed by atoms with van der Waals surface area (Å²) in [6, 6.07) is 5.96. The number of nitrogens with one attached hydrogen (secondary N) is 2. The lowest BCUT2D eigenvalue weighted by atomic mass is 10.2. The number of likely N-dealkylation sites (tertiary alicyclic amines) is 1. The van der Waals surface area contributed by atoms with Crippen LogP contribution in [0, 0.1) is 0 Å². The van der Waals surface area contributed by atoms with E-state index in [1.807, 2.05) is 18.2 Å². The van der Waals surface area contributed by atoms with Gasteiger partial charge < -0.3 is 10.3 Å². The van der Waals surface area contributed by atoms with Crippen LogP contribution in [0.15, 0.2) is 22.7 Å². The molecular weight excluding hydrogens is 320 g/mol. The van der Waals surface area contributed by atoms with Crippen LogP contribution in [-0.2, 0) is 11.3 Å². The van der Waals surface area contributed by atoms with E-state index >= 15 is 0 Å². The molecule has 2 N–H and O–H groups in total. The molecule has 0 radical (unpaired) electrons. The number of fused-ring (bicyclic) bond motifs is 1. The Balaban J connectivity index is 1.80. The molecule has 0 aliphatic carbocycles. The Morgan fingerprint density at radius 2 is 2.45 bits per heavy atom. The first kappa shape index (κ1) is 13.6. The van der Waals surface area contributed by atoms with Gasteiger partial charge in [0.25, 0.3) is 0 Å². The second-order valence-corrected chi connectivity index (χ2v) is 6.00. The third kappa shape index (κ3) is 2.58. The van der Waals surface area contributed by atoms with Crippen LogP contribution in [0.5, 0.6) is 0 Å². The Bertz CT molecular complexity index is 639. The zero-order chi connectivity index (χ0) is 14.1. The number of H-pyrrole nitrogens is 1. The molecule has 2 aromatic rings. The Hall–Kier alpha value is -1.40. The van der Waals surface area contributed by atoms with Gasteiger partial charge in [0.05, 0.1) is 23.6 Å². The summed E-state index contributed by atoms with van der Waals surface area (Å²) in [6.45, 7) is 1.63. The van der Waals surface area contributed by atoms with Crippen molar-refractivity contribution in [1.82, 2.24) is 20.2 Å². The minimum atomic E-state index is -0.0278. The maximum absolute atomic E-state index is 11.8. The van der Waals surface area contributed by atoms with Gasteiger partial charge in [-0.15, -0.1) is 0 Å². The summed E-state index contributed by atoms with van der Waals surface area (Å²) in [6.07, 6.45) is 1.98. The molecule has 3 rings (SSSR count). The van der Waals surface area contributed by atoms with Crippen molar-refractivity contribution in [2.75, 3.05) is 13.6 Å². The summed E-state index contributed by atoms with van der Waals surface area (Å²) >= 11 is 3.46. The number of imidazole rings is 1. The summed E-state index contributed by atoms with van der Waals surface area (Å²) in [7, 11) is 1.69. The number of hydrogen-bond donors (Lipinski definition) is 2. The zero-order valence-electron chi connectivity index (χ0n) is 11.3. The van der Waals surface area contributed by atoms with Gasteiger partial charge in [0, 0.05) is 11.5 Å². The number of aromatic amines is 1. The van der Waals surface area contributed by atoms with Gasteiger partial charge in [0.15, 0.2) is 0 Å². The average molecular weight is 337 g/mol. The third-order valence-electron chi connectivity index (χ3n) is 3.76. The van der Waals surface area contributed by atoms with E-state index in [4.69, 9.17) is 0 Å². The largest absolute Gasteiger partial charge is 0.358 e. The van der Waals surface area contributed by atoms with Crippen molar-refractivity contribution in [1.29, 1.82) is 0 Å². The number of halogens is 1. The first-order valence-corrected chi connectivity index (χ1v) is 7.56. The highest BCUT2D eigenvalue weighted by Gasteiger charge is 2.30. The van der Waals surface area contributed by atoms with Crippen molar-refractivity contribution in [3.05, 3.63) is 28.5 Å². The molecular formula is C14H17BrN4O. The molecule has 0 spiro atoms. The van der Waals surface area contributed by atoms with E-state index < -0.39 is 0 Å². The molecule has 2 heterocycles. The number of carbonyl (C=O) groups excluding carboxylic acids is 1. The molecule has 1 aromatic heterocycles. The van der Waals surface area contributed by atoms with Gasteiger partial charge in [-0.25, -0.2) is 4.98 Å². The maximum atomic E-state index is 11.8. The Labute approximate surface area is 125 Å². The molecule has 5 nitrogen and oxygen atoms in total. The lowest BCUT2D eigenvalue weighted by molar-refractivity contribution is -0.125. The van der Waals surface area contributed by atoms with E-state index in [0.717, 1.165) is 40.7 Å². The highest BCUT2D eigenvalue weighted by Crippen LogP contribution is 2.22. The predicted octanol–water partition coefficient (Wildman–Crippen LogP) is 2.04. The van der Waals surface area contributed by atoms with Crippen LogP contribution < -0.4 is 5.32 Å². The topological polar surface area (TPSA) is 61.0 Å². The molecule has 1 amide bonds. The normalized spacial score (nSPS) is 19.6. The van der Waals surface area contributed by atoms with E-state index in [0.29, 0.717) is 6.54 Å². The van der Waals surface area contributed by atoms with Crippen molar-refractivity contribution in [2.45, 2.75) is 25.4 Å². The summed E-state index contributed by atoms with van der Waals surface area (Å²) in [5.41, 5.74) is 1.98. The molecule has 6 heteroatoms. The van der Waals surface area contributed by atoms with Crippen molar-refractivity contribution < 1.29 is 4.79 Å². The number of aromatic nitrogens is 2. The van der Waals surface area contributed by atoms with E-state index in [1.54, 1.807) is 7.05 Å². The number of rotatable bonds is 3. The SMILES string of the molecule is CNC(=O)[C@@H]1CCCN1Cc1nc2ccc(Br)cc2[nH]1. The van der Waals surface area contributed by atoms with Crippen LogP contribution in [0.2, 0.25) is 0 Å². The van der Waals surface area contributed by atoms with Gasteiger partial charge in [-0.3, -0.25) is 9.69 Å². The molecule has 1 atom stereocenters.